The van der Waals surface area contributed by atoms with Gasteiger partial charge in [0.05, 0.1) is 39.2 Å². The highest BCUT2D eigenvalue weighted by atomic mass is 16.5. The summed E-state index contributed by atoms with van der Waals surface area (Å²) >= 11 is 0. The van der Waals surface area contributed by atoms with Crippen LogP contribution in [-0.4, -0.2) is 21.3 Å². The maximum atomic E-state index is 8.98. The van der Waals surface area contributed by atoms with Crippen LogP contribution in [0.1, 0.15) is 11.1 Å². The molecule has 0 saturated heterocycles. The predicted octanol–water partition coefficient (Wildman–Crippen LogP) is 2.19. The molecule has 1 aromatic rings. The maximum Gasteiger partial charge on any atom is 0.162 e. The topological polar surface area (TPSA) is 51.5 Å². The van der Waals surface area contributed by atoms with Crippen LogP contribution in [0.15, 0.2) is 18.4 Å². The molecule has 0 unspecified atom stereocenters. The SMILES string of the molecule is COC=Cc1cc(OC)c(OC)cc1C#N. The Bertz CT molecular complexity index is 433. The Hall–Kier alpha value is -2.15. The standard InChI is InChI=1S/C12H13NO3/c1-14-5-4-9-6-11(15-2)12(16-3)7-10(9)8-13/h4-7H,1-3H3. The van der Waals surface area contributed by atoms with Gasteiger partial charge in [-0.1, -0.05) is 0 Å². The first-order valence-corrected chi connectivity index (χ1v) is 4.62. The van der Waals surface area contributed by atoms with Crippen molar-refractivity contribution < 1.29 is 14.2 Å². The zero-order chi connectivity index (χ0) is 12.0. The van der Waals surface area contributed by atoms with Crippen LogP contribution in [-0.2, 0) is 4.74 Å². The van der Waals surface area contributed by atoms with Gasteiger partial charge in [0.2, 0.25) is 0 Å². The summed E-state index contributed by atoms with van der Waals surface area (Å²) in [5.74, 6) is 1.12. The Morgan fingerprint density at radius 3 is 2.25 bits per heavy atom. The highest BCUT2D eigenvalue weighted by Crippen LogP contribution is 2.30. The molecule has 0 heterocycles. The number of methoxy groups -OCH3 is 3. The van der Waals surface area contributed by atoms with Gasteiger partial charge in [-0.15, -0.1) is 0 Å². The molecule has 0 saturated carbocycles. The molecule has 0 bridgehead atoms. The Kier molecular flexibility index (Phi) is 4.22. The van der Waals surface area contributed by atoms with Crippen LogP contribution in [0, 0.1) is 11.3 Å². The summed E-state index contributed by atoms with van der Waals surface area (Å²) < 4.78 is 15.1. The third-order valence-corrected chi connectivity index (χ3v) is 2.06. The average Bonchev–Trinajstić information content (AvgIpc) is 2.35. The Balaban J connectivity index is 3.27. The number of ether oxygens (including phenoxy) is 3. The highest BCUT2D eigenvalue weighted by molar-refractivity contribution is 5.63. The van der Waals surface area contributed by atoms with E-state index in [4.69, 9.17) is 19.5 Å². The minimum atomic E-state index is 0.506. The van der Waals surface area contributed by atoms with E-state index in [1.165, 1.54) is 13.4 Å². The van der Waals surface area contributed by atoms with E-state index in [-0.39, 0.29) is 0 Å². The largest absolute Gasteiger partial charge is 0.504 e. The monoisotopic (exact) mass is 219 g/mol. The number of nitriles is 1. The van der Waals surface area contributed by atoms with Crippen molar-refractivity contribution >= 4 is 6.08 Å². The van der Waals surface area contributed by atoms with Gasteiger partial charge in [-0.25, -0.2) is 0 Å². The van der Waals surface area contributed by atoms with E-state index in [9.17, 15) is 0 Å². The molecule has 0 atom stereocenters. The quantitative estimate of drug-likeness (QED) is 0.728. The molecule has 1 rings (SSSR count). The summed E-state index contributed by atoms with van der Waals surface area (Å²) in [4.78, 5) is 0. The second-order valence-electron chi connectivity index (χ2n) is 2.94. The van der Waals surface area contributed by atoms with Crippen LogP contribution < -0.4 is 9.47 Å². The number of benzene rings is 1. The molecule has 0 aliphatic carbocycles. The van der Waals surface area contributed by atoms with Gasteiger partial charge in [-0.05, 0) is 17.7 Å². The van der Waals surface area contributed by atoms with Gasteiger partial charge in [-0.3, -0.25) is 0 Å². The zero-order valence-corrected chi connectivity index (χ0v) is 9.48. The molecule has 0 aliphatic rings. The Labute approximate surface area is 94.7 Å². The molecule has 4 nitrogen and oxygen atoms in total. The van der Waals surface area contributed by atoms with E-state index in [0.29, 0.717) is 17.1 Å². The molecule has 0 amide bonds. The van der Waals surface area contributed by atoms with Crippen LogP contribution >= 0.6 is 0 Å². The second-order valence-corrected chi connectivity index (χ2v) is 2.94. The summed E-state index contributed by atoms with van der Waals surface area (Å²) in [6.07, 6.45) is 3.20. The lowest BCUT2D eigenvalue weighted by Crippen LogP contribution is -1.93. The molecule has 1 aromatic carbocycles. The highest BCUT2D eigenvalue weighted by Gasteiger charge is 2.08. The van der Waals surface area contributed by atoms with Crippen molar-refractivity contribution in [2.45, 2.75) is 0 Å². The maximum absolute atomic E-state index is 8.98. The van der Waals surface area contributed by atoms with Gasteiger partial charge < -0.3 is 14.2 Å². The lowest BCUT2D eigenvalue weighted by Gasteiger charge is -2.09. The summed E-state index contributed by atoms with van der Waals surface area (Å²) in [5, 5.41) is 8.98. The lowest BCUT2D eigenvalue weighted by atomic mass is 10.1. The van der Waals surface area contributed by atoms with Gasteiger partial charge in [-0.2, -0.15) is 5.26 Å². The first-order valence-electron chi connectivity index (χ1n) is 4.62. The van der Waals surface area contributed by atoms with Crippen LogP contribution in [0.2, 0.25) is 0 Å². The van der Waals surface area contributed by atoms with Crippen molar-refractivity contribution in [3.05, 3.63) is 29.5 Å². The van der Waals surface area contributed by atoms with Gasteiger partial charge in [0.15, 0.2) is 11.5 Å². The molecular weight excluding hydrogens is 206 g/mol. The van der Waals surface area contributed by atoms with Gasteiger partial charge in [0.25, 0.3) is 0 Å². The van der Waals surface area contributed by atoms with Gasteiger partial charge >= 0.3 is 0 Å². The number of nitrogens with zero attached hydrogens (tertiary/aromatic N) is 1. The van der Waals surface area contributed by atoms with Crippen molar-refractivity contribution in [3.63, 3.8) is 0 Å². The van der Waals surface area contributed by atoms with Crippen LogP contribution in [0.4, 0.5) is 0 Å². The molecule has 0 N–H and O–H groups in total. The minimum Gasteiger partial charge on any atom is -0.504 e. The molecule has 0 fully saturated rings. The fraction of sp³-hybridized carbons (Fsp3) is 0.250. The van der Waals surface area contributed by atoms with E-state index in [1.54, 1.807) is 32.4 Å². The van der Waals surface area contributed by atoms with Crippen LogP contribution in [0.5, 0.6) is 11.5 Å². The fourth-order valence-electron chi connectivity index (χ4n) is 1.27. The Morgan fingerprint density at radius 1 is 1.12 bits per heavy atom. The van der Waals surface area contributed by atoms with E-state index in [1.807, 2.05) is 0 Å². The van der Waals surface area contributed by atoms with Gasteiger partial charge in [0.1, 0.15) is 0 Å². The molecule has 0 radical (unpaired) electrons. The fourth-order valence-corrected chi connectivity index (χ4v) is 1.27. The summed E-state index contributed by atoms with van der Waals surface area (Å²) in [6, 6.07) is 5.45. The Morgan fingerprint density at radius 2 is 1.75 bits per heavy atom. The zero-order valence-electron chi connectivity index (χ0n) is 9.48. The van der Waals surface area contributed by atoms with Crippen molar-refractivity contribution in [2.24, 2.45) is 0 Å². The molecule has 0 spiro atoms. The van der Waals surface area contributed by atoms with Crippen molar-refractivity contribution in [2.75, 3.05) is 21.3 Å². The predicted molar refractivity (Wildman–Crippen MR) is 60.3 cm³/mol. The molecule has 16 heavy (non-hydrogen) atoms. The normalized spacial score (nSPS) is 9.88. The van der Waals surface area contributed by atoms with E-state index in [0.717, 1.165) is 5.56 Å². The smallest absolute Gasteiger partial charge is 0.162 e. The first-order chi connectivity index (χ1) is 7.76. The van der Waals surface area contributed by atoms with Crippen molar-refractivity contribution in [1.82, 2.24) is 0 Å². The molecule has 0 aromatic heterocycles. The lowest BCUT2D eigenvalue weighted by molar-refractivity contribution is 0.341. The molecule has 84 valence electrons. The van der Waals surface area contributed by atoms with E-state index >= 15 is 0 Å². The van der Waals surface area contributed by atoms with E-state index < -0.39 is 0 Å². The van der Waals surface area contributed by atoms with Crippen LogP contribution in [0.25, 0.3) is 6.08 Å². The third kappa shape index (κ3) is 2.45. The van der Waals surface area contributed by atoms with Crippen molar-refractivity contribution in [1.29, 1.82) is 5.26 Å². The molecule has 0 aliphatic heterocycles. The first kappa shape index (κ1) is 11.9. The van der Waals surface area contributed by atoms with E-state index in [2.05, 4.69) is 6.07 Å². The number of rotatable bonds is 4. The summed E-state index contributed by atoms with van der Waals surface area (Å²) in [5.41, 5.74) is 1.23. The molecule has 4 heteroatoms. The van der Waals surface area contributed by atoms with Crippen molar-refractivity contribution in [3.8, 4) is 17.6 Å². The van der Waals surface area contributed by atoms with Crippen LogP contribution in [0.3, 0.4) is 0 Å². The number of hydrogen-bond acceptors (Lipinski definition) is 4. The minimum absolute atomic E-state index is 0.506. The number of hydrogen-bond donors (Lipinski definition) is 0. The van der Waals surface area contributed by atoms with Gasteiger partial charge in [0, 0.05) is 6.07 Å². The summed E-state index contributed by atoms with van der Waals surface area (Å²) in [6.45, 7) is 0. The molecular formula is C12H13NO3. The average molecular weight is 219 g/mol. The second kappa shape index (κ2) is 5.66. The summed E-state index contributed by atoms with van der Waals surface area (Å²) in [7, 11) is 4.63. The third-order valence-electron chi connectivity index (χ3n) is 2.06.